The number of aromatic amines is 1. The number of fused-ring (bicyclic) bond motifs is 1. The van der Waals surface area contributed by atoms with E-state index in [4.69, 9.17) is 11.6 Å². The van der Waals surface area contributed by atoms with Gasteiger partial charge >= 0.3 is 0 Å². The highest BCUT2D eigenvalue weighted by Gasteiger charge is 2.07. The molecule has 0 saturated carbocycles. The normalized spacial score (nSPS) is 10.9. The Morgan fingerprint density at radius 2 is 2.04 bits per heavy atom. The van der Waals surface area contributed by atoms with Crippen LogP contribution >= 0.6 is 11.6 Å². The van der Waals surface area contributed by atoms with Crippen LogP contribution in [-0.4, -0.2) is 10.9 Å². The third-order valence-corrected chi connectivity index (χ3v) is 4.24. The second kappa shape index (κ2) is 6.88. The van der Waals surface area contributed by atoms with Crippen molar-refractivity contribution < 1.29 is 4.79 Å². The van der Waals surface area contributed by atoms with Crippen LogP contribution in [0.1, 0.15) is 24.0 Å². The number of hydrogen-bond donors (Lipinski definition) is 2. The van der Waals surface area contributed by atoms with E-state index in [1.807, 2.05) is 43.5 Å². The van der Waals surface area contributed by atoms with Crippen LogP contribution in [0.5, 0.6) is 0 Å². The molecule has 2 N–H and O–H groups in total. The summed E-state index contributed by atoms with van der Waals surface area (Å²) in [5, 5.41) is 4.69. The van der Waals surface area contributed by atoms with E-state index in [1.165, 1.54) is 10.9 Å². The van der Waals surface area contributed by atoms with Gasteiger partial charge in [-0.2, -0.15) is 0 Å². The summed E-state index contributed by atoms with van der Waals surface area (Å²) >= 11 is 6.14. The number of carbonyl (C=O) groups is 1. The number of aryl methyl sites for hydroxylation is 2. The van der Waals surface area contributed by atoms with Gasteiger partial charge in [0, 0.05) is 23.5 Å². The second-order valence-corrected chi connectivity index (χ2v) is 6.15. The Morgan fingerprint density at radius 1 is 1.22 bits per heavy atom. The number of halogens is 1. The van der Waals surface area contributed by atoms with Crippen LogP contribution in [0.4, 0.5) is 5.69 Å². The Bertz CT molecular complexity index is 838. The predicted molar refractivity (Wildman–Crippen MR) is 96.1 cm³/mol. The molecule has 0 aliphatic rings. The molecule has 3 nitrogen and oxygen atoms in total. The fourth-order valence-electron chi connectivity index (χ4n) is 2.71. The molecule has 0 radical (unpaired) electrons. The van der Waals surface area contributed by atoms with Crippen molar-refractivity contribution >= 4 is 34.1 Å². The first-order valence-electron chi connectivity index (χ1n) is 7.74. The van der Waals surface area contributed by atoms with E-state index < -0.39 is 0 Å². The van der Waals surface area contributed by atoms with Gasteiger partial charge in [-0.3, -0.25) is 4.79 Å². The van der Waals surface area contributed by atoms with Crippen molar-refractivity contribution in [3.05, 3.63) is 64.8 Å². The van der Waals surface area contributed by atoms with Gasteiger partial charge in [0.15, 0.2) is 0 Å². The predicted octanol–water partition coefficient (Wildman–Crippen LogP) is 5.09. The molecule has 0 aliphatic carbocycles. The fraction of sp³-hybridized carbons (Fsp3) is 0.211. The lowest BCUT2D eigenvalue weighted by atomic mass is 10.1. The van der Waals surface area contributed by atoms with Crippen molar-refractivity contribution in [2.24, 2.45) is 0 Å². The molecule has 3 rings (SSSR count). The summed E-state index contributed by atoms with van der Waals surface area (Å²) in [5.74, 6) is -0.00408. The van der Waals surface area contributed by atoms with Crippen molar-refractivity contribution in [2.75, 3.05) is 5.32 Å². The van der Waals surface area contributed by atoms with E-state index >= 15 is 0 Å². The quantitative estimate of drug-likeness (QED) is 0.673. The van der Waals surface area contributed by atoms with Gasteiger partial charge in [0.2, 0.25) is 5.91 Å². The van der Waals surface area contributed by atoms with Crippen molar-refractivity contribution in [1.29, 1.82) is 0 Å². The molecular formula is C19H19ClN2O. The van der Waals surface area contributed by atoms with Gasteiger partial charge in [0.05, 0.1) is 10.7 Å². The molecule has 0 atom stereocenters. The van der Waals surface area contributed by atoms with Crippen LogP contribution in [-0.2, 0) is 11.2 Å². The van der Waals surface area contributed by atoms with Crippen LogP contribution in [0, 0.1) is 6.92 Å². The van der Waals surface area contributed by atoms with E-state index in [-0.39, 0.29) is 5.91 Å². The molecule has 0 bridgehead atoms. The Labute approximate surface area is 140 Å². The summed E-state index contributed by atoms with van der Waals surface area (Å²) in [6.45, 7) is 1.97. The molecule has 1 aromatic heterocycles. The summed E-state index contributed by atoms with van der Waals surface area (Å²) in [5.41, 5.74) is 4.14. The van der Waals surface area contributed by atoms with Gasteiger partial charge in [-0.05, 0) is 49.1 Å². The van der Waals surface area contributed by atoms with Crippen molar-refractivity contribution in [2.45, 2.75) is 26.2 Å². The lowest BCUT2D eigenvalue weighted by Crippen LogP contribution is -2.11. The Hall–Kier alpha value is -2.26. The first-order valence-corrected chi connectivity index (χ1v) is 8.12. The first-order chi connectivity index (χ1) is 11.1. The maximum absolute atomic E-state index is 12.1. The van der Waals surface area contributed by atoms with Gasteiger partial charge in [-0.25, -0.2) is 0 Å². The number of carbonyl (C=O) groups excluding carboxylic acids is 1. The van der Waals surface area contributed by atoms with Gasteiger partial charge in [-0.1, -0.05) is 35.9 Å². The summed E-state index contributed by atoms with van der Waals surface area (Å²) in [7, 11) is 0. The zero-order valence-electron chi connectivity index (χ0n) is 13.0. The number of hydrogen-bond acceptors (Lipinski definition) is 1. The van der Waals surface area contributed by atoms with E-state index in [0.717, 1.165) is 23.9 Å². The Balaban J connectivity index is 1.55. The molecule has 0 spiro atoms. The van der Waals surface area contributed by atoms with E-state index in [9.17, 15) is 4.79 Å². The number of aromatic nitrogens is 1. The second-order valence-electron chi connectivity index (χ2n) is 5.74. The molecule has 3 aromatic rings. The number of H-pyrrole nitrogens is 1. The van der Waals surface area contributed by atoms with Gasteiger partial charge in [0.1, 0.15) is 0 Å². The molecule has 1 heterocycles. The number of amides is 1. The monoisotopic (exact) mass is 326 g/mol. The average Bonchev–Trinajstić information content (AvgIpc) is 2.94. The highest BCUT2D eigenvalue weighted by molar-refractivity contribution is 6.33. The smallest absolute Gasteiger partial charge is 0.224 e. The molecule has 0 aliphatic heterocycles. The van der Waals surface area contributed by atoms with Gasteiger partial charge in [-0.15, -0.1) is 0 Å². The summed E-state index contributed by atoms with van der Waals surface area (Å²) in [6, 6.07) is 13.8. The summed E-state index contributed by atoms with van der Waals surface area (Å²) < 4.78 is 0. The highest BCUT2D eigenvalue weighted by Crippen LogP contribution is 2.23. The molecule has 0 fully saturated rings. The van der Waals surface area contributed by atoms with Crippen LogP contribution in [0.2, 0.25) is 5.02 Å². The van der Waals surface area contributed by atoms with Crippen LogP contribution < -0.4 is 5.32 Å². The molecule has 0 unspecified atom stereocenters. The minimum atomic E-state index is -0.00408. The molecule has 0 saturated heterocycles. The zero-order valence-corrected chi connectivity index (χ0v) is 13.8. The third kappa shape index (κ3) is 3.74. The van der Waals surface area contributed by atoms with Crippen LogP contribution in [0.15, 0.2) is 48.7 Å². The van der Waals surface area contributed by atoms with Gasteiger partial charge < -0.3 is 10.3 Å². The van der Waals surface area contributed by atoms with Crippen molar-refractivity contribution in [1.82, 2.24) is 4.98 Å². The molecule has 118 valence electrons. The summed E-state index contributed by atoms with van der Waals surface area (Å²) in [4.78, 5) is 15.3. The van der Waals surface area contributed by atoms with E-state index in [1.54, 1.807) is 0 Å². The van der Waals surface area contributed by atoms with Crippen LogP contribution in [0.25, 0.3) is 10.9 Å². The molecule has 23 heavy (non-hydrogen) atoms. The zero-order chi connectivity index (χ0) is 16.2. The summed E-state index contributed by atoms with van der Waals surface area (Å²) in [6.07, 6.45) is 4.18. The number of benzene rings is 2. The lowest BCUT2D eigenvalue weighted by Gasteiger charge is -2.07. The van der Waals surface area contributed by atoms with E-state index in [2.05, 4.69) is 22.4 Å². The Kier molecular flexibility index (Phi) is 4.68. The molecule has 2 aromatic carbocycles. The minimum absolute atomic E-state index is 0.00408. The SMILES string of the molecule is Cc1ccc(NC(=O)CCCc2c[nH]c3ccccc23)c(Cl)c1. The molecular weight excluding hydrogens is 308 g/mol. The standard InChI is InChI=1S/C19H19ClN2O/c1-13-9-10-18(16(20)11-13)22-19(23)8-4-5-14-12-21-17-7-3-2-6-15(14)17/h2-3,6-7,9-12,21H,4-5,8H2,1H3,(H,22,23). The van der Waals surface area contributed by atoms with E-state index in [0.29, 0.717) is 17.1 Å². The largest absolute Gasteiger partial charge is 0.361 e. The molecule has 4 heteroatoms. The first kappa shape index (κ1) is 15.6. The highest BCUT2D eigenvalue weighted by atomic mass is 35.5. The minimum Gasteiger partial charge on any atom is -0.361 e. The van der Waals surface area contributed by atoms with Crippen molar-refractivity contribution in [3.8, 4) is 0 Å². The van der Waals surface area contributed by atoms with Gasteiger partial charge in [0.25, 0.3) is 0 Å². The lowest BCUT2D eigenvalue weighted by molar-refractivity contribution is -0.116. The number of rotatable bonds is 5. The average molecular weight is 327 g/mol. The maximum Gasteiger partial charge on any atom is 0.224 e. The maximum atomic E-state index is 12.1. The Morgan fingerprint density at radius 3 is 2.87 bits per heavy atom. The number of para-hydroxylation sites is 1. The topological polar surface area (TPSA) is 44.9 Å². The molecule has 1 amide bonds. The van der Waals surface area contributed by atoms with Crippen LogP contribution in [0.3, 0.4) is 0 Å². The van der Waals surface area contributed by atoms with Crippen molar-refractivity contribution in [3.63, 3.8) is 0 Å². The fourth-order valence-corrected chi connectivity index (χ4v) is 2.99. The number of nitrogens with one attached hydrogen (secondary N) is 2. The number of anilines is 1. The third-order valence-electron chi connectivity index (χ3n) is 3.92.